The van der Waals surface area contributed by atoms with Crippen LogP contribution in [0.2, 0.25) is 18.1 Å². The van der Waals surface area contributed by atoms with Crippen molar-refractivity contribution in [3.63, 3.8) is 0 Å². The third kappa shape index (κ3) is 4.85. The molecule has 2 aromatic heterocycles. The summed E-state index contributed by atoms with van der Waals surface area (Å²) in [5.74, 6) is -0.847. The smallest absolute Gasteiger partial charge is 0.411 e. The van der Waals surface area contributed by atoms with Gasteiger partial charge in [0.2, 0.25) is 0 Å². The highest BCUT2D eigenvalue weighted by Gasteiger charge is 2.61. The summed E-state index contributed by atoms with van der Waals surface area (Å²) < 4.78 is 25.2. The number of H-pyrrole nitrogens is 2. The summed E-state index contributed by atoms with van der Waals surface area (Å²) >= 11 is 0. The van der Waals surface area contributed by atoms with Crippen LogP contribution < -0.4 is 5.56 Å². The summed E-state index contributed by atoms with van der Waals surface area (Å²) in [6.07, 6.45) is 1.64. The number of aromatic nitrogens is 3. The summed E-state index contributed by atoms with van der Waals surface area (Å²) in [6.45, 7) is 20.4. The Labute approximate surface area is 213 Å². The summed E-state index contributed by atoms with van der Waals surface area (Å²) in [5.41, 5.74) is 0.503. The number of rotatable bonds is 4. The van der Waals surface area contributed by atoms with Gasteiger partial charge in [-0.2, -0.15) is 0 Å². The lowest BCUT2D eigenvalue weighted by molar-refractivity contribution is -0.168. The standard InChI is InChI=1S/C25H40N4O6Si/c1-23(2,3)35-22(31)29-15(12-32-36(9,10)24(4,5)6)19-20(34-25(7,8)33-19)18(29)14-11-26-17-16(14)27-13-28-21(17)30/h11,13,15,18-20,26H,12H2,1-10H3,(H,27,28,30)/t15-,18+,19-,20+/m1/s1. The molecule has 1 amide bonds. The molecule has 10 nitrogen and oxygen atoms in total. The Bertz CT molecular complexity index is 1190. The van der Waals surface area contributed by atoms with E-state index in [1.54, 1.807) is 11.1 Å². The summed E-state index contributed by atoms with van der Waals surface area (Å²) in [7, 11) is -2.14. The lowest BCUT2D eigenvalue weighted by Gasteiger charge is -2.39. The molecule has 4 heterocycles. The molecular formula is C25H40N4O6Si. The maximum atomic E-state index is 13.7. The molecule has 0 spiro atoms. The van der Waals surface area contributed by atoms with Crippen LogP contribution in [0.15, 0.2) is 17.3 Å². The third-order valence-electron chi connectivity index (χ3n) is 7.35. The van der Waals surface area contributed by atoms with Gasteiger partial charge in [-0.1, -0.05) is 20.8 Å². The SMILES string of the molecule is CC(C)(C)OC(=O)N1[C@H](CO[Si](C)(C)C(C)(C)C)[C@H]2OC(C)(C)O[C@H]2[C@@H]1c1c[nH]c2c(=O)[nH]cnc12. The highest BCUT2D eigenvalue weighted by atomic mass is 28.4. The van der Waals surface area contributed by atoms with Crippen LogP contribution in [-0.4, -0.2) is 70.5 Å². The minimum absolute atomic E-state index is 0.00472. The van der Waals surface area contributed by atoms with Gasteiger partial charge in [0.15, 0.2) is 14.1 Å². The lowest BCUT2D eigenvalue weighted by Crippen LogP contribution is -2.50. The van der Waals surface area contributed by atoms with Crippen molar-refractivity contribution in [1.29, 1.82) is 0 Å². The van der Waals surface area contributed by atoms with Gasteiger partial charge in [0.05, 0.1) is 25.0 Å². The molecule has 200 valence electrons. The van der Waals surface area contributed by atoms with Gasteiger partial charge in [-0.25, -0.2) is 9.78 Å². The zero-order valence-electron chi connectivity index (χ0n) is 23.0. The van der Waals surface area contributed by atoms with Crippen molar-refractivity contribution < 1.29 is 23.4 Å². The average molecular weight is 521 g/mol. The fraction of sp³-hybridized carbons (Fsp3) is 0.720. The Morgan fingerprint density at radius 1 is 1.14 bits per heavy atom. The Morgan fingerprint density at radius 3 is 2.39 bits per heavy atom. The van der Waals surface area contributed by atoms with E-state index < -0.39 is 50.1 Å². The van der Waals surface area contributed by atoms with Gasteiger partial charge in [0, 0.05) is 11.8 Å². The second kappa shape index (κ2) is 8.68. The van der Waals surface area contributed by atoms with Crippen LogP contribution in [0.1, 0.15) is 67.0 Å². The first-order chi connectivity index (χ1) is 16.4. The number of amides is 1. The monoisotopic (exact) mass is 520 g/mol. The number of hydrogen-bond acceptors (Lipinski definition) is 7. The predicted octanol–water partition coefficient (Wildman–Crippen LogP) is 4.45. The van der Waals surface area contributed by atoms with E-state index in [2.05, 4.69) is 48.8 Å². The second-order valence-electron chi connectivity index (χ2n) is 12.7. The van der Waals surface area contributed by atoms with E-state index in [0.717, 1.165) is 0 Å². The predicted molar refractivity (Wildman–Crippen MR) is 138 cm³/mol. The summed E-state index contributed by atoms with van der Waals surface area (Å²) in [5, 5.41) is -0.00472. The van der Waals surface area contributed by atoms with Gasteiger partial charge in [-0.15, -0.1) is 0 Å². The second-order valence-corrected chi connectivity index (χ2v) is 17.5. The van der Waals surface area contributed by atoms with Gasteiger partial charge in [-0.3, -0.25) is 9.69 Å². The maximum Gasteiger partial charge on any atom is 0.411 e. The topological polar surface area (TPSA) is 119 Å². The van der Waals surface area contributed by atoms with E-state index in [1.165, 1.54) is 6.33 Å². The van der Waals surface area contributed by atoms with Gasteiger partial charge in [-0.05, 0) is 52.8 Å². The number of fused-ring (bicyclic) bond motifs is 2. The van der Waals surface area contributed by atoms with E-state index in [9.17, 15) is 9.59 Å². The number of nitrogens with zero attached hydrogens (tertiary/aromatic N) is 2. The van der Waals surface area contributed by atoms with E-state index >= 15 is 0 Å². The number of carbonyl (C=O) groups excluding carboxylic acids is 1. The van der Waals surface area contributed by atoms with Crippen LogP contribution in [0.5, 0.6) is 0 Å². The largest absolute Gasteiger partial charge is 0.444 e. The van der Waals surface area contributed by atoms with Gasteiger partial charge in [0.25, 0.3) is 5.56 Å². The van der Waals surface area contributed by atoms with Crippen molar-refractivity contribution in [2.45, 2.75) is 109 Å². The Balaban J connectivity index is 1.82. The molecule has 4 rings (SSSR count). The molecule has 0 saturated carbocycles. The molecule has 0 bridgehead atoms. The summed E-state index contributed by atoms with van der Waals surface area (Å²) in [6, 6.07) is -1.06. The molecule has 0 aliphatic carbocycles. The van der Waals surface area contributed by atoms with Crippen molar-refractivity contribution >= 4 is 25.4 Å². The molecule has 36 heavy (non-hydrogen) atoms. The average Bonchev–Trinajstić information content (AvgIpc) is 3.34. The van der Waals surface area contributed by atoms with Crippen molar-refractivity contribution in [1.82, 2.24) is 19.9 Å². The Hall–Kier alpha value is -2.21. The Kier molecular flexibility index (Phi) is 6.47. The molecule has 0 unspecified atom stereocenters. The number of aromatic amines is 2. The fourth-order valence-electron chi connectivity index (χ4n) is 4.65. The molecule has 0 radical (unpaired) electrons. The molecular weight excluding hydrogens is 480 g/mol. The van der Waals surface area contributed by atoms with Gasteiger partial charge >= 0.3 is 6.09 Å². The van der Waals surface area contributed by atoms with E-state index in [-0.39, 0.29) is 17.2 Å². The zero-order valence-corrected chi connectivity index (χ0v) is 24.0. The molecule has 2 aliphatic heterocycles. The van der Waals surface area contributed by atoms with E-state index in [1.807, 2.05) is 34.6 Å². The van der Waals surface area contributed by atoms with Crippen LogP contribution in [0.25, 0.3) is 11.0 Å². The quantitative estimate of drug-likeness (QED) is 0.572. The third-order valence-corrected chi connectivity index (χ3v) is 11.9. The highest BCUT2D eigenvalue weighted by molar-refractivity contribution is 6.74. The number of hydrogen-bond donors (Lipinski definition) is 2. The van der Waals surface area contributed by atoms with Crippen LogP contribution in [-0.2, 0) is 18.6 Å². The molecule has 2 fully saturated rings. The minimum Gasteiger partial charge on any atom is -0.444 e. The van der Waals surface area contributed by atoms with E-state index in [0.29, 0.717) is 16.6 Å². The van der Waals surface area contributed by atoms with Gasteiger partial charge < -0.3 is 28.6 Å². The minimum atomic E-state index is -2.14. The molecule has 11 heteroatoms. The van der Waals surface area contributed by atoms with Gasteiger partial charge in [0.1, 0.15) is 28.8 Å². The van der Waals surface area contributed by atoms with Crippen molar-refractivity contribution in [3.8, 4) is 0 Å². The maximum absolute atomic E-state index is 13.7. The molecule has 2 aliphatic rings. The fourth-order valence-corrected chi connectivity index (χ4v) is 5.67. The number of ether oxygens (including phenoxy) is 3. The zero-order chi connectivity index (χ0) is 26.8. The first-order valence-corrected chi connectivity index (χ1v) is 15.4. The van der Waals surface area contributed by atoms with Crippen molar-refractivity contribution in [3.05, 3.63) is 28.4 Å². The molecule has 2 aromatic rings. The van der Waals surface area contributed by atoms with Crippen LogP contribution in [0.3, 0.4) is 0 Å². The highest BCUT2D eigenvalue weighted by Crippen LogP contribution is 2.49. The molecule has 0 aromatic carbocycles. The Morgan fingerprint density at radius 2 is 1.78 bits per heavy atom. The number of nitrogens with one attached hydrogen (secondary N) is 2. The normalized spacial score (nSPS) is 26.4. The first-order valence-electron chi connectivity index (χ1n) is 12.5. The molecule has 2 N–H and O–H groups in total. The molecule has 4 atom stereocenters. The first kappa shape index (κ1) is 26.8. The van der Waals surface area contributed by atoms with Crippen molar-refractivity contribution in [2.24, 2.45) is 0 Å². The summed E-state index contributed by atoms with van der Waals surface area (Å²) in [4.78, 5) is 37.9. The van der Waals surface area contributed by atoms with Crippen LogP contribution in [0.4, 0.5) is 4.79 Å². The van der Waals surface area contributed by atoms with Crippen LogP contribution >= 0.6 is 0 Å². The number of likely N-dealkylation sites (tertiary alicyclic amines) is 1. The van der Waals surface area contributed by atoms with E-state index in [4.69, 9.17) is 18.6 Å². The number of carbonyl (C=O) groups is 1. The molecule has 2 saturated heterocycles. The van der Waals surface area contributed by atoms with Crippen molar-refractivity contribution in [2.75, 3.05) is 6.61 Å². The van der Waals surface area contributed by atoms with Crippen LogP contribution in [0, 0.1) is 0 Å². The lowest BCUT2D eigenvalue weighted by atomic mass is 10.0.